The smallest absolute Gasteiger partial charge is 0.342 e. The zero-order chi connectivity index (χ0) is 21.2. The van der Waals surface area contributed by atoms with Crippen LogP contribution < -0.4 is 5.32 Å². The van der Waals surface area contributed by atoms with E-state index in [1.165, 1.54) is 12.1 Å². The first kappa shape index (κ1) is 20.5. The van der Waals surface area contributed by atoms with Gasteiger partial charge in [0.1, 0.15) is 18.3 Å². The van der Waals surface area contributed by atoms with Gasteiger partial charge in [-0.25, -0.2) is 0 Å². The molecule has 3 heterocycles. The molecule has 1 aromatic carbocycles. The van der Waals surface area contributed by atoms with Crippen molar-refractivity contribution < 1.29 is 41.7 Å². The van der Waals surface area contributed by atoms with Crippen molar-refractivity contribution in [2.75, 3.05) is 5.32 Å². The van der Waals surface area contributed by atoms with Gasteiger partial charge in [0.2, 0.25) is 0 Å². The third kappa shape index (κ3) is 3.99. The quantitative estimate of drug-likeness (QED) is 0.797. The Labute approximate surface area is 165 Å². The zero-order valence-electron chi connectivity index (χ0n) is 16.3. The van der Waals surface area contributed by atoms with Crippen molar-refractivity contribution in [3.63, 3.8) is 0 Å². The molecule has 0 aliphatic carbocycles. The van der Waals surface area contributed by atoms with Crippen LogP contribution in [0.2, 0.25) is 0 Å². The summed E-state index contributed by atoms with van der Waals surface area (Å²) in [4.78, 5) is 12.9. The van der Waals surface area contributed by atoms with Gasteiger partial charge in [-0.2, -0.15) is 13.2 Å². The summed E-state index contributed by atoms with van der Waals surface area (Å²) in [6.45, 7) is 6.82. The minimum absolute atomic E-state index is 0.00538. The first-order chi connectivity index (χ1) is 13.3. The lowest BCUT2D eigenvalue weighted by Gasteiger charge is -2.36. The summed E-state index contributed by atoms with van der Waals surface area (Å²) in [6.07, 6.45) is -8.60. The Morgan fingerprint density at radius 1 is 0.966 bits per heavy atom. The number of alkyl halides is 3. The van der Waals surface area contributed by atoms with Crippen LogP contribution in [0.5, 0.6) is 0 Å². The molecule has 1 amide bonds. The fourth-order valence-corrected chi connectivity index (χ4v) is 3.81. The maximum atomic E-state index is 12.9. The summed E-state index contributed by atoms with van der Waals surface area (Å²) in [5.41, 5.74) is -0.872. The molecule has 7 nitrogen and oxygen atoms in total. The van der Waals surface area contributed by atoms with Crippen LogP contribution in [0.1, 0.15) is 33.3 Å². The summed E-state index contributed by atoms with van der Waals surface area (Å²) in [5, 5.41) is 2.47. The summed E-state index contributed by atoms with van der Waals surface area (Å²) < 4.78 is 67.9. The number of rotatable bonds is 2. The van der Waals surface area contributed by atoms with E-state index >= 15 is 0 Å². The van der Waals surface area contributed by atoms with Crippen molar-refractivity contribution in [1.82, 2.24) is 0 Å². The number of amides is 1. The van der Waals surface area contributed by atoms with E-state index in [4.69, 9.17) is 23.7 Å². The first-order valence-electron chi connectivity index (χ1n) is 9.20. The second-order valence-electron chi connectivity index (χ2n) is 8.16. The van der Waals surface area contributed by atoms with Gasteiger partial charge in [0, 0.05) is 5.69 Å². The SMILES string of the molecule is CC1(C)O[C@@H]2O[C@H](C(=O)Nc3cccc(C(F)(F)F)c3)[C@@H]3OC(C)(C)O[C@@H]3[C@@H]2O1. The summed E-state index contributed by atoms with van der Waals surface area (Å²) >= 11 is 0. The topological polar surface area (TPSA) is 75.3 Å². The lowest BCUT2D eigenvalue weighted by atomic mass is 9.98. The largest absolute Gasteiger partial charge is 0.416 e. The predicted molar refractivity (Wildman–Crippen MR) is 92.6 cm³/mol. The van der Waals surface area contributed by atoms with Gasteiger partial charge in [-0.1, -0.05) is 6.07 Å². The number of nitrogens with one attached hydrogen (secondary N) is 1. The Bertz CT molecular complexity index is 811. The molecule has 4 rings (SSSR count). The van der Waals surface area contributed by atoms with Crippen molar-refractivity contribution in [2.45, 2.75) is 76.2 Å². The number of halogens is 3. The molecule has 29 heavy (non-hydrogen) atoms. The van der Waals surface area contributed by atoms with E-state index in [1.807, 2.05) is 0 Å². The lowest BCUT2D eigenvalue weighted by molar-refractivity contribution is -0.229. The highest BCUT2D eigenvalue weighted by Gasteiger charge is 2.62. The highest BCUT2D eigenvalue weighted by atomic mass is 19.4. The van der Waals surface area contributed by atoms with Crippen LogP contribution in [0, 0.1) is 0 Å². The van der Waals surface area contributed by atoms with Crippen molar-refractivity contribution in [1.29, 1.82) is 0 Å². The molecule has 0 unspecified atom stereocenters. The van der Waals surface area contributed by atoms with Crippen LogP contribution in [0.3, 0.4) is 0 Å². The van der Waals surface area contributed by atoms with Crippen LogP contribution in [0.4, 0.5) is 18.9 Å². The van der Waals surface area contributed by atoms with Crippen molar-refractivity contribution in [2.24, 2.45) is 0 Å². The molecule has 1 N–H and O–H groups in total. The van der Waals surface area contributed by atoms with Gasteiger partial charge in [-0.15, -0.1) is 0 Å². The summed E-state index contributed by atoms with van der Waals surface area (Å²) in [6, 6.07) is 4.36. The van der Waals surface area contributed by atoms with Gasteiger partial charge in [0.05, 0.1) is 5.56 Å². The number of carbonyl (C=O) groups is 1. The van der Waals surface area contributed by atoms with E-state index in [1.54, 1.807) is 27.7 Å². The van der Waals surface area contributed by atoms with Gasteiger partial charge < -0.3 is 29.0 Å². The molecule has 0 aromatic heterocycles. The number of fused-ring (bicyclic) bond motifs is 3. The van der Waals surface area contributed by atoms with E-state index in [9.17, 15) is 18.0 Å². The first-order valence-corrected chi connectivity index (χ1v) is 9.20. The molecule has 3 aliphatic heterocycles. The Morgan fingerprint density at radius 2 is 1.59 bits per heavy atom. The fourth-order valence-electron chi connectivity index (χ4n) is 3.81. The monoisotopic (exact) mass is 417 g/mol. The molecule has 0 spiro atoms. The van der Waals surface area contributed by atoms with Crippen LogP contribution in [0.25, 0.3) is 0 Å². The number of hydrogen-bond donors (Lipinski definition) is 1. The molecule has 5 atom stereocenters. The molecule has 10 heteroatoms. The highest BCUT2D eigenvalue weighted by molar-refractivity contribution is 5.95. The van der Waals surface area contributed by atoms with E-state index in [0.717, 1.165) is 12.1 Å². The number of carbonyl (C=O) groups excluding carboxylic acids is 1. The molecule has 0 bridgehead atoms. The zero-order valence-corrected chi connectivity index (χ0v) is 16.3. The maximum Gasteiger partial charge on any atom is 0.416 e. The third-order valence-corrected chi connectivity index (χ3v) is 4.87. The molecular formula is C19H22F3NO6. The summed E-state index contributed by atoms with van der Waals surface area (Å²) in [7, 11) is 0. The molecule has 3 fully saturated rings. The molecule has 1 aromatic rings. The van der Waals surface area contributed by atoms with Gasteiger partial charge in [-0.05, 0) is 45.9 Å². The third-order valence-electron chi connectivity index (χ3n) is 4.87. The lowest BCUT2D eigenvalue weighted by Crippen LogP contribution is -2.58. The highest BCUT2D eigenvalue weighted by Crippen LogP contribution is 2.44. The Kier molecular flexibility index (Phi) is 4.71. The van der Waals surface area contributed by atoms with Crippen molar-refractivity contribution in [3.8, 4) is 0 Å². The molecule has 0 saturated carbocycles. The summed E-state index contributed by atoms with van der Waals surface area (Å²) in [5.74, 6) is -2.59. The Hall–Kier alpha value is -1.72. The average Bonchev–Trinajstić information content (AvgIpc) is 3.07. The number of ether oxygens (including phenoxy) is 5. The van der Waals surface area contributed by atoms with Crippen LogP contribution in [-0.2, 0) is 34.7 Å². The number of anilines is 1. The average molecular weight is 417 g/mol. The minimum Gasteiger partial charge on any atom is -0.342 e. The second-order valence-corrected chi connectivity index (χ2v) is 8.16. The van der Waals surface area contributed by atoms with E-state index in [2.05, 4.69) is 5.32 Å². The van der Waals surface area contributed by atoms with Crippen LogP contribution in [-0.4, -0.2) is 48.2 Å². The standard InChI is InChI=1S/C19H22F3NO6/c1-17(2)26-11-12(27-17)14-16(29-18(3,4)28-14)25-13(11)15(24)23-10-7-5-6-9(8-10)19(20,21)22/h5-8,11-14,16H,1-4H3,(H,23,24)/t11-,12+,13+,14+,16+/m1/s1. The Balaban J connectivity index is 1.57. The van der Waals surface area contributed by atoms with Crippen molar-refractivity contribution in [3.05, 3.63) is 29.8 Å². The number of benzene rings is 1. The van der Waals surface area contributed by atoms with Crippen LogP contribution >= 0.6 is 0 Å². The molecule has 3 saturated heterocycles. The molecule has 0 radical (unpaired) electrons. The van der Waals surface area contributed by atoms with Crippen molar-refractivity contribution >= 4 is 11.6 Å². The van der Waals surface area contributed by atoms with Gasteiger partial charge in [0.15, 0.2) is 24.0 Å². The number of hydrogen-bond acceptors (Lipinski definition) is 6. The Morgan fingerprint density at radius 3 is 2.28 bits per heavy atom. The van der Waals surface area contributed by atoms with E-state index < -0.39 is 59.9 Å². The molecule has 160 valence electrons. The van der Waals surface area contributed by atoms with Gasteiger partial charge in [-0.3, -0.25) is 4.79 Å². The minimum atomic E-state index is -4.52. The fraction of sp³-hybridized carbons (Fsp3) is 0.632. The maximum absolute atomic E-state index is 12.9. The molecular weight excluding hydrogens is 395 g/mol. The second kappa shape index (κ2) is 6.64. The van der Waals surface area contributed by atoms with E-state index in [-0.39, 0.29) is 5.69 Å². The van der Waals surface area contributed by atoms with E-state index in [0.29, 0.717) is 0 Å². The van der Waals surface area contributed by atoms with Gasteiger partial charge >= 0.3 is 6.18 Å². The van der Waals surface area contributed by atoms with Crippen LogP contribution in [0.15, 0.2) is 24.3 Å². The van der Waals surface area contributed by atoms with Gasteiger partial charge in [0.25, 0.3) is 5.91 Å². The molecule has 3 aliphatic rings. The predicted octanol–water partition coefficient (Wildman–Crippen LogP) is 3.04. The normalized spacial score (nSPS) is 35.1.